The molecule has 2 nitrogen and oxygen atoms in total. The van der Waals surface area contributed by atoms with Crippen LogP contribution in [0.4, 0.5) is 0 Å². The zero-order valence-corrected chi connectivity index (χ0v) is 24.6. The number of imidazole rings is 1. The monoisotopic (exact) mass is 490 g/mol. The summed E-state index contributed by atoms with van der Waals surface area (Å²) in [6.45, 7) is 8.07. The van der Waals surface area contributed by atoms with Gasteiger partial charge in [0.15, 0.2) is 0 Å². The maximum atomic E-state index is 3.62. The molecule has 0 amide bonds. The van der Waals surface area contributed by atoms with Gasteiger partial charge < -0.3 is 0 Å². The third kappa shape index (κ3) is 18.2. The largest absolute Gasteiger partial charge is 0.257 e. The van der Waals surface area contributed by atoms with Crippen LogP contribution in [0.25, 0.3) is 0 Å². The Morgan fingerprint density at radius 3 is 1.26 bits per heavy atom. The first kappa shape index (κ1) is 32.2. The van der Waals surface area contributed by atoms with Crippen molar-refractivity contribution in [2.24, 2.45) is 0 Å². The lowest BCUT2D eigenvalue weighted by Gasteiger charge is -2.14. The summed E-state index contributed by atoms with van der Waals surface area (Å²) in [7, 11) is 0. The predicted octanol–water partition coefficient (Wildman–Crippen LogP) is 11.2. The Morgan fingerprint density at radius 2 is 0.886 bits per heavy atom. The number of unbranched alkanes of at least 4 members (excludes halogenated alkanes) is 20. The Labute approximate surface area is 221 Å². The summed E-state index contributed by atoms with van der Waals surface area (Å²) < 4.78 is 2.49. The molecule has 0 radical (unpaired) electrons. The molecule has 0 aliphatic carbocycles. The van der Waals surface area contributed by atoms with E-state index in [9.17, 15) is 0 Å². The van der Waals surface area contributed by atoms with Crippen molar-refractivity contribution in [2.45, 2.75) is 194 Å². The Hall–Kier alpha value is -0.790. The molecule has 0 saturated heterocycles. The maximum Gasteiger partial charge on any atom is 0.257 e. The molecule has 206 valence electrons. The van der Waals surface area contributed by atoms with E-state index >= 15 is 0 Å². The molecule has 0 unspecified atom stereocenters. The number of aryl methyl sites for hydroxylation is 1. The molecule has 0 spiro atoms. The first-order chi connectivity index (χ1) is 17.3. The van der Waals surface area contributed by atoms with Gasteiger partial charge in [-0.1, -0.05) is 162 Å². The number of nitrogens with one attached hydrogen (secondary N) is 1. The second-order valence-electron chi connectivity index (χ2n) is 11.4. The average molecular weight is 490 g/mol. The highest BCUT2D eigenvalue weighted by atomic mass is 15.1. The van der Waals surface area contributed by atoms with Gasteiger partial charge in [0.2, 0.25) is 0 Å². The maximum absolute atomic E-state index is 3.62. The molecule has 35 heavy (non-hydrogen) atoms. The summed E-state index contributed by atoms with van der Waals surface area (Å²) in [5.74, 6) is 2.23. The highest BCUT2D eigenvalue weighted by Crippen LogP contribution is 2.26. The van der Waals surface area contributed by atoms with Crippen LogP contribution in [-0.2, 0) is 6.54 Å². The van der Waals surface area contributed by atoms with Crippen molar-refractivity contribution in [3.05, 3.63) is 18.2 Å². The molecule has 0 aliphatic heterocycles. The lowest BCUT2D eigenvalue weighted by molar-refractivity contribution is -0.704. The van der Waals surface area contributed by atoms with Gasteiger partial charge in [-0.2, -0.15) is 0 Å². The van der Waals surface area contributed by atoms with Gasteiger partial charge in [0.1, 0.15) is 12.4 Å². The fourth-order valence-corrected chi connectivity index (χ4v) is 5.69. The summed E-state index contributed by atoms with van der Waals surface area (Å²) in [5, 5.41) is 0. The van der Waals surface area contributed by atoms with E-state index in [0.717, 1.165) is 12.5 Å². The van der Waals surface area contributed by atoms with Gasteiger partial charge in [-0.05, 0) is 19.3 Å². The van der Waals surface area contributed by atoms with Crippen molar-refractivity contribution in [1.82, 2.24) is 4.98 Å². The number of aromatic nitrogens is 2. The van der Waals surface area contributed by atoms with Crippen molar-refractivity contribution in [3.8, 4) is 0 Å². The van der Waals surface area contributed by atoms with Crippen molar-refractivity contribution in [1.29, 1.82) is 0 Å². The Morgan fingerprint density at radius 1 is 0.514 bits per heavy atom. The summed E-state index contributed by atoms with van der Waals surface area (Å²) >= 11 is 0. The highest BCUT2D eigenvalue weighted by molar-refractivity contribution is 4.90. The van der Waals surface area contributed by atoms with Gasteiger partial charge in [-0.3, -0.25) is 0 Å². The van der Waals surface area contributed by atoms with Crippen molar-refractivity contribution < 1.29 is 4.57 Å². The molecule has 1 N–H and O–H groups in total. The molecule has 1 rings (SSSR count). The Bertz CT molecular complexity index is 535. The fourth-order valence-electron chi connectivity index (χ4n) is 5.69. The SMILES string of the molecule is CCCCCCCCCCCCCCCCCC[C@H](CCCCCCCC)c1[nH]cc[n+]1CCC. The van der Waals surface area contributed by atoms with Gasteiger partial charge in [0, 0.05) is 0 Å². The van der Waals surface area contributed by atoms with Gasteiger partial charge in [0.25, 0.3) is 5.82 Å². The van der Waals surface area contributed by atoms with Gasteiger partial charge >= 0.3 is 0 Å². The van der Waals surface area contributed by atoms with Crippen LogP contribution in [0.1, 0.15) is 193 Å². The molecule has 1 heterocycles. The standard InChI is InChI=1S/C33H64N2/c1-4-7-9-11-13-14-15-16-17-18-19-20-21-22-24-26-28-32(27-25-23-12-10-8-5-2)33-34-29-31-35(33)30-6-3/h29,31-32H,4-28,30H2,1-3H3/p+1/t32-/m0/s1. The molecule has 0 aliphatic rings. The average Bonchev–Trinajstić information content (AvgIpc) is 3.33. The topological polar surface area (TPSA) is 19.7 Å². The third-order valence-corrected chi connectivity index (χ3v) is 7.96. The summed E-state index contributed by atoms with van der Waals surface area (Å²) in [6, 6.07) is 0. The molecule has 2 heteroatoms. The zero-order valence-electron chi connectivity index (χ0n) is 24.6. The molecule has 1 aromatic rings. The van der Waals surface area contributed by atoms with Crippen LogP contribution >= 0.6 is 0 Å². The van der Waals surface area contributed by atoms with Crippen LogP contribution in [0.5, 0.6) is 0 Å². The van der Waals surface area contributed by atoms with Crippen LogP contribution in [0, 0.1) is 0 Å². The number of aromatic amines is 1. The van der Waals surface area contributed by atoms with Gasteiger partial charge in [0.05, 0.1) is 12.5 Å². The van der Waals surface area contributed by atoms with Gasteiger partial charge in [-0.15, -0.1) is 0 Å². The zero-order chi connectivity index (χ0) is 25.2. The number of hydrogen-bond acceptors (Lipinski definition) is 0. The quantitative estimate of drug-likeness (QED) is 0.0936. The van der Waals surface area contributed by atoms with E-state index in [1.165, 1.54) is 166 Å². The molecule has 1 aromatic heterocycles. The summed E-state index contributed by atoms with van der Waals surface area (Å²) in [4.78, 5) is 3.62. The lowest BCUT2D eigenvalue weighted by atomic mass is 9.93. The van der Waals surface area contributed by atoms with E-state index in [4.69, 9.17) is 0 Å². The third-order valence-electron chi connectivity index (χ3n) is 7.96. The Kier molecular flexibility index (Phi) is 22.9. The Balaban J connectivity index is 2.09. The normalized spacial score (nSPS) is 12.4. The van der Waals surface area contributed by atoms with Gasteiger partial charge in [-0.25, -0.2) is 9.55 Å². The van der Waals surface area contributed by atoms with E-state index < -0.39 is 0 Å². The summed E-state index contributed by atoms with van der Waals surface area (Å²) in [5.41, 5.74) is 0. The number of H-pyrrole nitrogens is 1. The smallest absolute Gasteiger partial charge is 0.247 e. The second-order valence-corrected chi connectivity index (χ2v) is 11.4. The molecule has 0 bridgehead atoms. The first-order valence-corrected chi connectivity index (χ1v) is 16.4. The van der Waals surface area contributed by atoms with Crippen LogP contribution in [-0.4, -0.2) is 4.98 Å². The molecular formula is C33H65N2+. The number of rotatable bonds is 27. The molecule has 0 fully saturated rings. The van der Waals surface area contributed by atoms with E-state index in [1.807, 2.05) is 0 Å². The van der Waals surface area contributed by atoms with E-state index in [-0.39, 0.29) is 0 Å². The number of nitrogens with zero attached hydrogens (tertiary/aromatic N) is 1. The first-order valence-electron chi connectivity index (χ1n) is 16.4. The minimum Gasteiger partial charge on any atom is -0.247 e. The molecule has 1 atom stereocenters. The fraction of sp³-hybridized carbons (Fsp3) is 0.909. The van der Waals surface area contributed by atoms with Crippen molar-refractivity contribution in [3.63, 3.8) is 0 Å². The highest BCUT2D eigenvalue weighted by Gasteiger charge is 2.22. The minimum atomic E-state index is 0.731. The lowest BCUT2D eigenvalue weighted by Crippen LogP contribution is -2.37. The van der Waals surface area contributed by atoms with Crippen molar-refractivity contribution in [2.75, 3.05) is 0 Å². The van der Waals surface area contributed by atoms with Crippen LogP contribution in [0.15, 0.2) is 12.4 Å². The molecular weight excluding hydrogens is 424 g/mol. The van der Waals surface area contributed by atoms with Crippen LogP contribution in [0.3, 0.4) is 0 Å². The van der Waals surface area contributed by atoms with Crippen LogP contribution in [0.2, 0.25) is 0 Å². The summed E-state index contributed by atoms with van der Waals surface area (Å²) in [6.07, 6.45) is 40.1. The van der Waals surface area contributed by atoms with Crippen LogP contribution < -0.4 is 4.57 Å². The molecule has 0 saturated carbocycles. The van der Waals surface area contributed by atoms with E-state index in [1.54, 1.807) is 0 Å². The van der Waals surface area contributed by atoms with E-state index in [0.29, 0.717) is 0 Å². The van der Waals surface area contributed by atoms with E-state index in [2.05, 4.69) is 42.7 Å². The molecule has 0 aromatic carbocycles. The minimum absolute atomic E-state index is 0.731. The van der Waals surface area contributed by atoms with Crippen molar-refractivity contribution >= 4 is 0 Å². The number of hydrogen-bond donors (Lipinski definition) is 1. The predicted molar refractivity (Wildman–Crippen MR) is 156 cm³/mol. The second kappa shape index (κ2) is 24.9.